The van der Waals surface area contributed by atoms with Crippen LogP contribution >= 0.6 is 0 Å². The number of nitrogens with zero attached hydrogens (tertiary/aromatic N) is 1. The van der Waals surface area contributed by atoms with Gasteiger partial charge in [-0.25, -0.2) is 8.78 Å². The highest BCUT2D eigenvalue weighted by Crippen LogP contribution is 2.24. The Morgan fingerprint density at radius 3 is 2.56 bits per heavy atom. The second-order valence-corrected chi connectivity index (χ2v) is 3.83. The predicted octanol–water partition coefficient (Wildman–Crippen LogP) is 2.68. The monoisotopic (exact) mass is 254 g/mol. The first kappa shape index (κ1) is 12.2. The van der Waals surface area contributed by atoms with E-state index < -0.39 is 22.5 Å². The van der Waals surface area contributed by atoms with E-state index in [0.29, 0.717) is 5.56 Å². The van der Waals surface area contributed by atoms with Gasteiger partial charge in [-0.3, -0.25) is 14.9 Å². The molecule has 0 aliphatic heterocycles. The summed E-state index contributed by atoms with van der Waals surface area (Å²) in [5.41, 5.74) is -0.906. The minimum atomic E-state index is -2.79. The zero-order chi connectivity index (χ0) is 13.4. The van der Waals surface area contributed by atoms with Gasteiger partial charge in [-0.15, -0.1) is 0 Å². The summed E-state index contributed by atoms with van der Waals surface area (Å²) in [5, 5.41) is 10.7. The van der Waals surface area contributed by atoms with Gasteiger partial charge in [-0.05, 0) is 13.0 Å². The van der Waals surface area contributed by atoms with E-state index in [0.717, 1.165) is 12.1 Å². The highest BCUT2D eigenvalue weighted by Gasteiger charge is 2.16. The molecule has 0 amide bonds. The van der Waals surface area contributed by atoms with Gasteiger partial charge in [0.1, 0.15) is 0 Å². The maximum atomic E-state index is 12.5. The smallest absolute Gasteiger partial charge is 0.278 e. The van der Waals surface area contributed by atoms with E-state index in [9.17, 15) is 23.7 Å². The molecule has 1 heterocycles. The fraction of sp³-hybridized carbons (Fsp3) is 0.182. The Hall–Kier alpha value is -2.31. The SMILES string of the molecule is Cc1cc2[nH]c(C(F)F)cc(=O)c2cc1[N+](=O)[O-]. The fourth-order valence-corrected chi connectivity index (χ4v) is 1.73. The maximum Gasteiger partial charge on any atom is 0.278 e. The summed E-state index contributed by atoms with van der Waals surface area (Å²) in [6.07, 6.45) is -2.79. The number of aromatic nitrogens is 1. The van der Waals surface area contributed by atoms with Crippen molar-refractivity contribution in [2.45, 2.75) is 13.3 Å². The third-order valence-electron chi connectivity index (χ3n) is 2.60. The van der Waals surface area contributed by atoms with Crippen molar-refractivity contribution in [1.82, 2.24) is 4.98 Å². The molecule has 0 bridgehead atoms. The number of alkyl halides is 2. The van der Waals surface area contributed by atoms with Crippen LogP contribution in [0.15, 0.2) is 23.0 Å². The second kappa shape index (κ2) is 4.17. The molecule has 94 valence electrons. The lowest BCUT2D eigenvalue weighted by atomic mass is 10.1. The van der Waals surface area contributed by atoms with Crippen LogP contribution in [0.1, 0.15) is 17.7 Å². The molecule has 0 aliphatic rings. The molecule has 1 N–H and O–H groups in total. The van der Waals surface area contributed by atoms with E-state index in [1.165, 1.54) is 13.0 Å². The molecule has 18 heavy (non-hydrogen) atoms. The minimum Gasteiger partial charge on any atom is -0.354 e. The highest BCUT2D eigenvalue weighted by molar-refractivity contribution is 5.82. The molecular formula is C11H8F2N2O3. The molecule has 0 saturated carbocycles. The van der Waals surface area contributed by atoms with Gasteiger partial charge in [-0.1, -0.05) is 0 Å². The first-order valence-corrected chi connectivity index (χ1v) is 5.00. The molecule has 5 nitrogen and oxygen atoms in total. The lowest BCUT2D eigenvalue weighted by Crippen LogP contribution is -2.06. The molecular weight excluding hydrogens is 246 g/mol. The number of rotatable bonds is 2. The minimum absolute atomic E-state index is 0.0247. The third kappa shape index (κ3) is 1.94. The number of nitrogens with one attached hydrogen (secondary N) is 1. The number of aryl methyl sites for hydroxylation is 1. The Morgan fingerprint density at radius 1 is 1.33 bits per heavy atom. The molecule has 2 aromatic rings. The zero-order valence-electron chi connectivity index (χ0n) is 9.24. The van der Waals surface area contributed by atoms with E-state index in [-0.39, 0.29) is 16.6 Å². The van der Waals surface area contributed by atoms with Crippen LogP contribution in [-0.2, 0) is 0 Å². The average Bonchev–Trinajstić information content (AvgIpc) is 2.27. The summed E-state index contributed by atoms with van der Waals surface area (Å²) >= 11 is 0. The molecule has 7 heteroatoms. The summed E-state index contributed by atoms with van der Waals surface area (Å²) in [6, 6.07) is 3.17. The summed E-state index contributed by atoms with van der Waals surface area (Å²) in [4.78, 5) is 24.1. The average molecular weight is 254 g/mol. The molecule has 0 fully saturated rings. The highest BCUT2D eigenvalue weighted by atomic mass is 19.3. The molecule has 1 aromatic heterocycles. The fourth-order valence-electron chi connectivity index (χ4n) is 1.73. The van der Waals surface area contributed by atoms with Gasteiger partial charge < -0.3 is 4.98 Å². The molecule has 0 spiro atoms. The quantitative estimate of drug-likeness (QED) is 0.661. The maximum absolute atomic E-state index is 12.5. The lowest BCUT2D eigenvalue weighted by molar-refractivity contribution is -0.385. The van der Waals surface area contributed by atoms with Crippen LogP contribution in [0.5, 0.6) is 0 Å². The number of nitro benzene ring substituents is 1. The Kier molecular flexibility index (Phi) is 2.82. The van der Waals surface area contributed by atoms with E-state index in [1.807, 2.05) is 0 Å². The van der Waals surface area contributed by atoms with Crippen molar-refractivity contribution in [1.29, 1.82) is 0 Å². The summed E-state index contributed by atoms with van der Waals surface area (Å²) in [6.45, 7) is 1.48. The standard InChI is InChI=1S/C11H8F2N2O3/c1-5-2-7-6(3-9(5)15(17)18)10(16)4-8(14-7)11(12)13/h2-4,11H,1H3,(H,14,16). The van der Waals surface area contributed by atoms with Crippen molar-refractivity contribution < 1.29 is 13.7 Å². The first-order valence-electron chi connectivity index (χ1n) is 5.00. The van der Waals surface area contributed by atoms with Crippen LogP contribution < -0.4 is 5.43 Å². The third-order valence-corrected chi connectivity index (χ3v) is 2.60. The van der Waals surface area contributed by atoms with Crippen molar-refractivity contribution in [2.24, 2.45) is 0 Å². The van der Waals surface area contributed by atoms with Crippen molar-refractivity contribution in [3.05, 3.63) is 49.8 Å². The van der Waals surface area contributed by atoms with E-state index in [2.05, 4.69) is 4.98 Å². The van der Waals surface area contributed by atoms with Crippen molar-refractivity contribution >= 4 is 16.6 Å². The predicted molar refractivity (Wildman–Crippen MR) is 60.9 cm³/mol. The Bertz CT molecular complexity index is 694. The number of H-pyrrole nitrogens is 1. The van der Waals surface area contributed by atoms with Gasteiger partial charge in [0.05, 0.1) is 21.5 Å². The van der Waals surface area contributed by atoms with Crippen LogP contribution in [0, 0.1) is 17.0 Å². The zero-order valence-corrected chi connectivity index (χ0v) is 9.24. The van der Waals surface area contributed by atoms with Gasteiger partial charge in [-0.2, -0.15) is 0 Å². The largest absolute Gasteiger partial charge is 0.354 e. The number of benzene rings is 1. The Morgan fingerprint density at radius 2 is 2.00 bits per heavy atom. The molecule has 0 saturated heterocycles. The molecule has 0 radical (unpaired) electrons. The van der Waals surface area contributed by atoms with Crippen LogP contribution in [0.3, 0.4) is 0 Å². The van der Waals surface area contributed by atoms with Crippen LogP contribution in [-0.4, -0.2) is 9.91 Å². The topological polar surface area (TPSA) is 76.0 Å². The Balaban J connectivity index is 2.81. The molecule has 2 rings (SSSR count). The number of fused-ring (bicyclic) bond motifs is 1. The summed E-state index contributed by atoms with van der Waals surface area (Å²) in [5.74, 6) is 0. The van der Waals surface area contributed by atoms with Crippen molar-refractivity contribution in [3.8, 4) is 0 Å². The van der Waals surface area contributed by atoms with Crippen LogP contribution in [0.2, 0.25) is 0 Å². The summed E-state index contributed by atoms with van der Waals surface area (Å²) < 4.78 is 25.0. The van der Waals surface area contributed by atoms with Crippen molar-refractivity contribution in [3.63, 3.8) is 0 Å². The van der Waals surface area contributed by atoms with Gasteiger partial charge in [0.25, 0.3) is 12.1 Å². The molecule has 0 atom stereocenters. The molecule has 1 aromatic carbocycles. The van der Waals surface area contributed by atoms with Gasteiger partial charge in [0, 0.05) is 17.7 Å². The van der Waals surface area contributed by atoms with E-state index >= 15 is 0 Å². The van der Waals surface area contributed by atoms with Crippen LogP contribution in [0.25, 0.3) is 10.9 Å². The molecule has 0 unspecified atom stereocenters. The lowest BCUT2D eigenvalue weighted by Gasteiger charge is -2.04. The second-order valence-electron chi connectivity index (χ2n) is 3.83. The van der Waals surface area contributed by atoms with Gasteiger partial charge in [0.15, 0.2) is 5.43 Å². The summed E-state index contributed by atoms with van der Waals surface area (Å²) in [7, 11) is 0. The number of halogens is 2. The number of pyridine rings is 1. The van der Waals surface area contributed by atoms with Gasteiger partial charge >= 0.3 is 0 Å². The van der Waals surface area contributed by atoms with E-state index in [1.54, 1.807) is 0 Å². The Labute approximate surface area is 99.2 Å². The number of hydrogen-bond donors (Lipinski definition) is 1. The van der Waals surface area contributed by atoms with Crippen molar-refractivity contribution in [2.75, 3.05) is 0 Å². The number of hydrogen-bond acceptors (Lipinski definition) is 3. The number of nitro groups is 1. The first-order chi connectivity index (χ1) is 8.40. The number of aromatic amines is 1. The van der Waals surface area contributed by atoms with Gasteiger partial charge in [0.2, 0.25) is 0 Å². The normalized spacial score (nSPS) is 11.1. The van der Waals surface area contributed by atoms with E-state index in [4.69, 9.17) is 0 Å². The van der Waals surface area contributed by atoms with Crippen LogP contribution in [0.4, 0.5) is 14.5 Å². The molecule has 0 aliphatic carbocycles.